The van der Waals surface area contributed by atoms with Gasteiger partial charge in [-0.15, -0.1) is 0 Å². The quantitative estimate of drug-likeness (QED) is 0.659. The highest BCUT2D eigenvalue weighted by Gasteiger charge is 2.41. The predicted molar refractivity (Wildman–Crippen MR) is 96.8 cm³/mol. The number of carbonyl (C=O) groups excluding carboxylic acids is 1. The summed E-state index contributed by atoms with van der Waals surface area (Å²) in [6.45, 7) is 1.67. The first-order chi connectivity index (χ1) is 13.1. The number of anilines is 1. The van der Waals surface area contributed by atoms with Gasteiger partial charge in [0, 0.05) is 24.4 Å². The molecule has 0 spiro atoms. The molecule has 148 valence electrons. The molecule has 1 aromatic heterocycles. The number of methoxy groups -OCH3 is 2. The summed E-state index contributed by atoms with van der Waals surface area (Å²) >= 11 is 0. The predicted octanol–water partition coefficient (Wildman–Crippen LogP) is 4.35. The highest BCUT2D eigenvalue weighted by atomic mass is 19.4. The average molecular weight is 394 g/mol. The van der Waals surface area contributed by atoms with E-state index in [9.17, 15) is 18.0 Å². The van der Waals surface area contributed by atoms with E-state index in [-0.39, 0.29) is 11.6 Å². The van der Waals surface area contributed by atoms with Crippen LogP contribution in [0.4, 0.5) is 18.9 Å². The number of rotatable bonds is 4. The number of nitrogens with zero attached hydrogens (tertiary/aromatic N) is 2. The maximum atomic E-state index is 12.7. The minimum absolute atomic E-state index is 0.0652. The number of alkyl halides is 3. The third kappa shape index (κ3) is 3.60. The number of aryl methyl sites for hydroxylation is 1. The number of carbonyl (C=O) groups is 1. The maximum absolute atomic E-state index is 12.7. The molecule has 6 nitrogen and oxygen atoms in total. The standard InChI is InChI=1S/C19H17F3N2O4/c1-10-5-12(24(2)18(25)19(20,21)22)8-15-16(10)28-17(23-15)11-6-13(26-3)9-14(7-11)27-4/h5-9H,1-4H3. The molecule has 9 heteroatoms. The number of fused-ring (bicyclic) bond motifs is 1. The van der Waals surface area contributed by atoms with E-state index in [2.05, 4.69) is 4.98 Å². The van der Waals surface area contributed by atoms with Crippen LogP contribution in [0.25, 0.3) is 22.6 Å². The van der Waals surface area contributed by atoms with Crippen molar-refractivity contribution in [2.45, 2.75) is 13.1 Å². The minimum atomic E-state index is -4.97. The second-order valence-electron chi connectivity index (χ2n) is 6.09. The summed E-state index contributed by atoms with van der Waals surface area (Å²) in [6, 6.07) is 7.89. The molecule has 0 radical (unpaired) electrons. The fourth-order valence-corrected chi connectivity index (χ4v) is 2.74. The van der Waals surface area contributed by atoms with Crippen LogP contribution in [-0.2, 0) is 4.79 Å². The van der Waals surface area contributed by atoms with Crippen molar-refractivity contribution in [3.05, 3.63) is 35.9 Å². The Morgan fingerprint density at radius 3 is 2.21 bits per heavy atom. The Morgan fingerprint density at radius 2 is 1.68 bits per heavy atom. The third-order valence-electron chi connectivity index (χ3n) is 4.19. The van der Waals surface area contributed by atoms with Crippen molar-refractivity contribution in [2.75, 3.05) is 26.2 Å². The van der Waals surface area contributed by atoms with Crippen LogP contribution >= 0.6 is 0 Å². The highest BCUT2D eigenvalue weighted by Crippen LogP contribution is 2.34. The van der Waals surface area contributed by atoms with Gasteiger partial charge in [0.15, 0.2) is 5.58 Å². The molecule has 28 heavy (non-hydrogen) atoms. The summed E-state index contributed by atoms with van der Waals surface area (Å²) in [5.41, 5.74) is 1.92. The van der Waals surface area contributed by atoms with Crippen LogP contribution in [0.15, 0.2) is 34.7 Å². The Labute approximate surface area is 158 Å². The molecular weight excluding hydrogens is 377 g/mol. The molecule has 1 amide bonds. The second kappa shape index (κ2) is 7.06. The lowest BCUT2D eigenvalue weighted by atomic mass is 10.2. The van der Waals surface area contributed by atoms with E-state index in [0.717, 1.165) is 7.05 Å². The van der Waals surface area contributed by atoms with Crippen LogP contribution in [0.3, 0.4) is 0 Å². The Balaban J connectivity index is 2.08. The van der Waals surface area contributed by atoms with Crippen LogP contribution < -0.4 is 14.4 Å². The largest absolute Gasteiger partial charge is 0.497 e. The Kier molecular flexibility index (Phi) is 4.93. The van der Waals surface area contributed by atoms with Gasteiger partial charge < -0.3 is 18.8 Å². The van der Waals surface area contributed by atoms with Gasteiger partial charge in [-0.05, 0) is 36.8 Å². The summed E-state index contributed by atoms with van der Waals surface area (Å²) < 4.78 is 54.4. The van der Waals surface area contributed by atoms with Crippen LogP contribution in [0, 0.1) is 6.92 Å². The zero-order valence-electron chi connectivity index (χ0n) is 15.5. The number of hydrogen-bond acceptors (Lipinski definition) is 5. The number of amides is 1. The van der Waals surface area contributed by atoms with E-state index < -0.39 is 12.1 Å². The fraction of sp³-hybridized carbons (Fsp3) is 0.263. The Morgan fingerprint density at radius 1 is 1.07 bits per heavy atom. The molecule has 3 aromatic rings. The normalized spacial score (nSPS) is 11.5. The summed E-state index contributed by atoms with van der Waals surface area (Å²) in [7, 11) is 4.08. The van der Waals surface area contributed by atoms with Crippen LogP contribution in [0.5, 0.6) is 11.5 Å². The summed E-state index contributed by atoms with van der Waals surface area (Å²) in [4.78, 5) is 16.4. The molecule has 0 bridgehead atoms. The minimum Gasteiger partial charge on any atom is -0.497 e. The summed E-state index contributed by atoms with van der Waals surface area (Å²) in [5.74, 6) is -0.654. The van der Waals surface area contributed by atoms with E-state index >= 15 is 0 Å². The van der Waals surface area contributed by atoms with Gasteiger partial charge in [-0.1, -0.05) is 0 Å². The van der Waals surface area contributed by atoms with Crippen LogP contribution in [-0.4, -0.2) is 38.3 Å². The van der Waals surface area contributed by atoms with Gasteiger partial charge >= 0.3 is 12.1 Å². The molecule has 2 aromatic carbocycles. The molecule has 0 saturated carbocycles. The molecular formula is C19H17F3N2O4. The van der Waals surface area contributed by atoms with Gasteiger partial charge in [-0.3, -0.25) is 4.79 Å². The fourth-order valence-electron chi connectivity index (χ4n) is 2.74. The molecule has 0 fully saturated rings. The van der Waals surface area contributed by atoms with Crippen molar-refractivity contribution in [1.29, 1.82) is 0 Å². The zero-order chi connectivity index (χ0) is 20.6. The number of benzene rings is 2. The average Bonchev–Trinajstić information content (AvgIpc) is 3.10. The summed E-state index contributed by atoms with van der Waals surface area (Å²) in [6.07, 6.45) is -4.97. The topological polar surface area (TPSA) is 64.8 Å². The molecule has 3 rings (SSSR count). The first-order valence-electron chi connectivity index (χ1n) is 8.13. The highest BCUT2D eigenvalue weighted by molar-refractivity contribution is 5.98. The third-order valence-corrected chi connectivity index (χ3v) is 4.19. The van der Waals surface area contributed by atoms with Gasteiger partial charge in [0.05, 0.1) is 14.2 Å². The van der Waals surface area contributed by atoms with Gasteiger partial charge in [0.2, 0.25) is 5.89 Å². The maximum Gasteiger partial charge on any atom is 0.471 e. The van der Waals surface area contributed by atoms with Crippen molar-refractivity contribution >= 4 is 22.7 Å². The monoisotopic (exact) mass is 394 g/mol. The van der Waals surface area contributed by atoms with E-state index in [0.29, 0.717) is 38.6 Å². The number of hydrogen-bond donors (Lipinski definition) is 0. The lowest BCUT2D eigenvalue weighted by molar-refractivity contribution is -0.170. The first kappa shape index (κ1) is 19.5. The van der Waals surface area contributed by atoms with E-state index in [4.69, 9.17) is 13.9 Å². The van der Waals surface area contributed by atoms with E-state index in [1.54, 1.807) is 25.1 Å². The van der Waals surface area contributed by atoms with Crippen molar-refractivity contribution in [3.8, 4) is 23.0 Å². The van der Waals surface area contributed by atoms with Crippen LogP contribution in [0.2, 0.25) is 0 Å². The van der Waals surface area contributed by atoms with Crippen molar-refractivity contribution in [1.82, 2.24) is 4.98 Å². The molecule has 0 aliphatic heterocycles. The number of halogens is 3. The van der Waals surface area contributed by atoms with Gasteiger partial charge in [-0.2, -0.15) is 13.2 Å². The van der Waals surface area contributed by atoms with Gasteiger partial charge in [-0.25, -0.2) is 4.98 Å². The molecule has 1 heterocycles. The summed E-state index contributed by atoms with van der Waals surface area (Å²) in [5, 5.41) is 0. The van der Waals surface area contributed by atoms with Crippen molar-refractivity contribution in [2.24, 2.45) is 0 Å². The number of oxazole rings is 1. The lowest BCUT2D eigenvalue weighted by Gasteiger charge is -2.19. The lowest BCUT2D eigenvalue weighted by Crippen LogP contribution is -2.38. The Bertz CT molecular complexity index is 1020. The van der Waals surface area contributed by atoms with E-state index in [1.807, 2.05) is 0 Å². The molecule has 0 saturated heterocycles. The number of aromatic nitrogens is 1. The molecule has 0 N–H and O–H groups in total. The Hall–Kier alpha value is -3.23. The van der Waals surface area contributed by atoms with E-state index in [1.165, 1.54) is 26.4 Å². The number of ether oxygens (including phenoxy) is 2. The molecule has 0 atom stereocenters. The smallest absolute Gasteiger partial charge is 0.471 e. The SMILES string of the molecule is COc1cc(OC)cc(-c2nc3cc(N(C)C(=O)C(F)(F)F)cc(C)c3o2)c1. The van der Waals surface area contributed by atoms with Gasteiger partial charge in [0.1, 0.15) is 17.0 Å². The molecule has 0 aliphatic rings. The van der Waals surface area contributed by atoms with Crippen molar-refractivity contribution < 1.29 is 31.9 Å². The first-order valence-corrected chi connectivity index (χ1v) is 8.13. The zero-order valence-corrected chi connectivity index (χ0v) is 15.5. The second-order valence-corrected chi connectivity index (χ2v) is 6.09. The molecule has 0 aliphatic carbocycles. The molecule has 0 unspecified atom stereocenters. The van der Waals surface area contributed by atoms with Crippen LogP contribution in [0.1, 0.15) is 5.56 Å². The van der Waals surface area contributed by atoms with Gasteiger partial charge in [0.25, 0.3) is 0 Å². The van der Waals surface area contributed by atoms with Crippen molar-refractivity contribution in [3.63, 3.8) is 0 Å².